The van der Waals surface area contributed by atoms with Crippen LogP contribution < -0.4 is 5.32 Å². The van der Waals surface area contributed by atoms with Crippen molar-refractivity contribution in [2.24, 2.45) is 0 Å². The molecule has 1 heterocycles. The molecule has 1 aliphatic rings. The second-order valence-corrected chi connectivity index (χ2v) is 6.28. The van der Waals surface area contributed by atoms with E-state index in [-0.39, 0.29) is 6.04 Å². The van der Waals surface area contributed by atoms with Gasteiger partial charge in [0.25, 0.3) is 0 Å². The third-order valence-corrected chi connectivity index (χ3v) is 4.43. The minimum absolute atomic E-state index is 0.114. The molecule has 0 bridgehead atoms. The Morgan fingerprint density at radius 2 is 1.74 bits per heavy atom. The molecule has 1 atom stereocenters. The van der Waals surface area contributed by atoms with Crippen molar-refractivity contribution in [2.45, 2.75) is 32.7 Å². The van der Waals surface area contributed by atoms with Crippen LogP contribution in [0.5, 0.6) is 0 Å². The lowest BCUT2D eigenvalue weighted by molar-refractivity contribution is 0.128. The third-order valence-electron chi connectivity index (χ3n) is 4.43. The molecule has 3 nitrogen and oxygen atoms in total. The SMILES string of the molecule is CCCN(CCC)C(CN1CCNCC1)c1ccc(F)c(F)c1. The zero-order valence-electron chi connectivity index (χ0n) is 14.3. The Morgan fingerprint density at radius 3 is 2.30 bits per heavy atom. The molecule has 0 radical (unpaired) electrons. The molecule has 1 fully saturated rings. The van der Waals surface area contributed by atoms with Gasteiger partial charge in [0.1, 0.15) is 0 Å². The molecule has 0 aromatic heterocycles. The number of nitrogens with one attached hydrogen (secondary N) is 1. The summed E-state index contributed by atoms with van der Waals surface area (Å²) < 4.78 is 27.0. The zero-order valence-corrected chi connectivity index (χ0v) is 14.3. The first-order chi connectivity index (χ1) is 11.2. The average Bonchev–Trinajstić information content (AvgIpc) is 2.56. The molecule has 130 valence electrons. The van der Waals surface area contributed by atoms with Gasteiger partial charge in [-0.1, -0.05) is 19.9 Å². The first-order valence-corrected chi connectivity index (χ1v) is 8.77. The first kappa shape index (κ1) is 18.3. The number of benzene rings is 1. The maximum absolute atomic E-state index is 13.7. The molecule has 1 saturated heterocycles. The minimum Gasteiger partial charge on any atom is -0.314 e. The van der Waals surface area contributed by atoms with Crippen molar-refractivity contribution in [3.8, 4) is 0 Å². The van der Waals surface area contributed by atoms with Crippen molar-refractivity contribution in [1.82, 2.24) is 15.1 Å². The molecule has 1 aliphatic heterocycles. The van der Waals surface area contributed by atoms with Gasteiger partial charge in [0.05, 0.1) is 0 Å². The Kier molecular flexibility index (Phi) is 7.40. The topological polar surface area (TPSA) is 18.5 Å². The first-order valence-electron chi connectivity index (χ1n) is 8.77. The standard InChI is InChI=1S/C18H29F2N3/c1-3-9-23(10-4-2)18(14-22-11-7-21-8-12-22)15-5-6-16(19)17(20)13-15/h5-6,13,18,21H,3-4,7-12,14H2,1-2H3. The van der Waals surface area contributed by atoms with E-state index in [4.69, 9.17) is 0 Å². The molecule has 2 rings (SSSR count). The fraction of sp³-hybridized carbons (Fsp3) is 0.667. The maximum Gasteiger partial charge on any atom is 0.159 e. The van der Waals surface area contributed by atoms with Crippen molar-refractivity contribution in [2.75, 3.05) is 45.8 Å². The minimum atomic E-state index is -0.771. The van der Waals surface area contributed by atoms with Gasteiger partial charge in [-0.15, -0.1) is 0 Å². The molecular formula is C18H29F2N3. The van der Waals surface area contributed by atoms with Gasteiger partial charge in [-0.3, -0.25) is 9.80 Å². The summed E-state index contributed by atoms with van der Waals surface area (Å²) in [4.78, 5) is 4.83. The van der Waals surface area contributed by atoms with Crippen molar-refractivity contribution >= 4 is 0 Å². The predicted octanol–water partition coefficient (Wildman–Crippen LogP) is 3.03. The van der Waals surface area contributed by atoms with E-state index >= 15 is 0 Å². The smallest absolute Gasteiger partial charge is 0.159 e. The Morgan fingerprint density at radius 1 is 1.09 bits per heavy atom. The molecular weight excluding hydrogens is 296 g/mol. The number of rotatable bonds is 8. The van der Waals surface area contributed by atoms with Crippen LogP contribution in [0.4, 0.5) is 8.78 Å². The molecule has 0 spiro atoms. The summed E-state index contributed by atoms with van der Waals surface area (Å²) >= 11 is 0. The predicted molar refractivity (Wildman–Crippen MR) is 90.6 cm³/mol. The lowest BCUT2D eigenvalue weighted by atomic mass is 10.0. The van der Waals surface area contributed by atoms with Gasteiger partial charge in [-0.25, -0.2) is 8.78 Å². The molecule has 1 aromatic rings. The van der Waals surface area contributed by atoms with Gasteiger partial charge in [-0.2, -0.15) is 0 Å². The molecule has 0 amide bonds. The van der Waals surface area contributed by atoms with Gasteiger partial charge in [0.15, 0.2) is 11.6 Å². The molecule has 0 saturated carbocycles. The van der Waals surface area contributed by atoms with Crippen molar-refractivity contribution in [3.63, 3.8) is 0 Å². The fourth-order valence-corrected chi connectivity index (χ4v) is 3.29. The van der Waals surface area contributed by atoms with Crippen LogP contribution in [0.3, 0.4) is 0 Å². The van der Waals surface area contributed by atoms with E-state index in [1.165, 1.54) is 12.1 Å². The Labute approximate surface area is 138 Å². The van der Waals surface area contributed by atoms with Gasteiger partial charge in [0.2, 0.25) is 0 Å². The van der Waals surface area contributed by atoms with Gasteiger partial charge < -0.3 is 5.32 Å². The molecule has 1 unspecified atom stereocenters. The second kappa shape index (κ2) is 9.30. The Balaban J connectivity index is 2.22. The third kappa shape index (κ3) is 5.23. The monoisotopic (exact) mass is 325 g/mol. The second-order valence-electron chi connectivity index (χ2n) is 6.28. The van der Waals surface area contributed by atoms with Gasteiger partial charge >= 0.3 is 0 Å². The average molecular weight is 325 g/mol. The van der Waals surface area contributed by atoms with Crippen LogP contribution in [-0.2, 0) is 0 Å². The summed E-state index contributed by atoms with van der Waals surface area (Å²) in [5, 5.41) is 3.36. The number of piperazine rings is 1. The zero-order chi connectivity index (χ0) is 16.7. The number of hydrogen-bond donors (Lipinski definition) is 1. The number of halogens is 2. The summed E-state index contributed by atoms with van der Waals surface area (Å²) in [5.41, 5.74) is 0.879. The van der Waals surface area contributed by atoms with Gasteiger partial charge in [0, 0.05) is 38.8 Å². The van der Waals surface area contributed by atoms with Crippen LogP contribution in [0.1, 0.15) is 38.3 Å². The normalized spacial score (nSPS) is 17.6. The summed E-state index contributed by atoms with van der Waals surface area (Å²) in [6.45, 7) is 11.1. The highest BCUT2D eigenvalue weighted by Gasteiger charge is 2.24. The largest absolute Gasteiger partial charge is 0.314 e. The van der Waals surface area contributed by atoms with E-state index in [0.717, 1.165) is 64.2 Å². The van der Waals surface area contributed by atoms with E-state index < -0.39 is 11.6 Å². The summed E-state index contributed by atoms with van der Waals surface area (Å²) in [6.07, 6.45) is 2.11. The molecule has 23 heavy (non-hydrogen) atoms. The molecule has 1 N–H and O–H groups in total. The summed E-state index contributed by atoms with van der Waals surface area (Å²) in [7, 11) is 0. The quantitative estimate of drug-likeness (QED) is 0.792. The van der Waals surface area contributed by atoms with Crippen LogP contribution in [0.15, 0.2) is 18.2 Å². The van der Waals surface area contributed by atoms with Crippen LogP contribution >= 0.6 is 0 Å². The van der Waals surface area contributed by atoms with E-state index in [1.807, 2.05) is 0 Å². The van der Waals surface area contributed by atoms with E-state index in [2.05, 4.69) is 29.0 Å². The highest BCUT2D eigenvalue weighted by Crippen LogP contribution is 2.24. The lowest BCUT2D eigenvalue weighted by Gasteiger charge is -2.37. The van der Waals surface area contributed by atoms with Gasteiger partial charge in [-0.05, 0) is 43.6 Å². The number of hydrogen-bond acceptors (Lipinski definition) is 3. The van der Waals surface area contributed by atoms with E-state index in [1.54, 1.807) is 6.07 Å². The lowest BCUT2D eigenvalue weighted by Crippen LogP contribution is -2.47. The number of nitrogens with zero attached hydrogens (tertiary/aromatic N) is 2. The van der Waals surface area contributed by atoms with E-state index in [0.29, 0.717) is 0 Å². The highest BCUT2D eigenvalue weighted by molar-refractivity contribution is 5.22. The maximum atomic E-state index is 13.7. The van der Waals surface area contributed by atoms with Crippen LogP contribution in [-0.4, -0.2) is 55.6 Å². The van der Waals surface area contributed by atoms with E-state index in [9.17, 15) is 8.78 Å². The summed E-state index contributed by atoms with van der Waals surface area (Å²) in [5.74, 6) is -1.52. The van der Waals surface area contributed by atoms with Crippen molar-refractivity contribution < 1.29 is 8.78 Å². The Hall–Kier alpha value is -1.04. The highest BCUT2D eigenvalue weighted by atomic mass is 19.2. The van der Waals surface area contributed by atoms with Crippen LogP contribution in [0.2, 0.25) is 0 Å². The molecule has 5 heteroatoms. The fourth-order valence-electron chi connectivity index (χ4n) is 3.29. The van der Waals surface area contributed by atoms with Crippen molar-refractivity contribution in [1.29, 1.82) is 0 Å². The Bertz CT molecular complexity index is 469. The van der Waals surface area contributed by atoms with Crippen LogP contribution in [0, 0.1) is 11.6 Å². The summed E-state index contributed by atoms with van der Waals surface area (Å²) in [6, 6.07) is 4.48. The van der Waals surface area contributed by atoms with Crippen molar-refractivity contribution in [3.05, 3.63) is 35.4 Å². The molecule has 0 aliphatic carbocycles. The molecule has 1 aromatic carbocycles. The van der Waals surface area contributed by atoms with Crippen LogP contribution in [0.25, 0.3) is 0 Å².